The van der Waals surface area contributed by atoms with Crippen LogP contribution in [0.2, 0.25) is 0 Å². The van der Waals surface area contributed by atoms with Crippen molar-refractivity contribution in [2.75, 3.05) is 13.1 Å². The first-order chi connectivity index (χ1) is 8.88. The summed E-state index contributed by atoms with van der Waals surface area (Å²) in [7, 11) is 0. The molecule has 1 saturated heterocycles. The summed E-state index contributed by atoms with van der Waals surface area (Å²) in [4.78, 5) is 24.1. The molecule has 104 valence electrons. The fourth-order valence-corrected chi connectivity index (χ4v) is 2.04. The van der Waals surface area contributed by atoms with Crippen LogP contribution in [0, 0.1) is 5.92 Å². The zero-order valence-corrected chi connectivity index (χ0v) is 9.91. The molecule has 0 unspecified atom stereocenters. The van der Waals surface area contributed by atoms with Crippen molar-refractivity contribution in [2.45, 2.75) is 19.0 Å². The number of H-pyrrole nitrogens is 1. The van der Waals surface area contributed by atoms with Crippen LogP contribution in [0.5, 0.6) is 0 Å². The first-order valence-electron chi connectivity index (χ1n) is 5.79. The van der Waals surface area contributed by atoms with Crippen LogP contribution in [0.4, 0.5) is 13.2 Å². The molecule has 1 aromatic rings. The van der Waals surface area contributed by atoms with E-state index in [1.54, 1.807) is 0 Å². The molecule has 1 aliphatic heterocycles. The van der Waals surface area contributed by atoms with Gasteiger partial charge in [0.2, 0.25) is 0 Å². The van der Waals surface area contributed by atoms with Crippen LogP contribution in [0.15, 0.2) is 16.9 Å². The number of amides is 1. The Morgan fingerprint density at radius 1 is 1.32 bits per heavy atom. The molecular weight excluding hydrogens is 263 g/mol. The van der Waals surface area contributed by atoms with Crippen LogP contribution in [0.3, 0.4) is 0 Å². The molecule has 0 radical (unpaired) electrons. The van der Waals surface area contributed by atoms with E-state index >= 15 is 0 Å². The van der Waals surface area contributed by atoms with Crippen molar-refractivity contribution in [3.05, 3.63) is 28.2 Å². The predicted molar refractivity (Wildman–Crippen MR) is 59.5 cm³/mol. The lowest BCUT2D eigenvalue weighted by Crippen LogP contribution is -2.42. The standard InChI is InChI=1S/C11H12F3N3O2/c12-11(13,14)7-3-5-17(6-4-7)10(19)8-1-2-9(18)16-15-8/h1-2,7H,3-6H2,(H,16,18). The number of halogens is 3. The number of carbonyl (C=O) groups is 1. The number of hydrogen-bond donors (Lipinski definition) is 1. The van der Waals surface area contributed by atoms with Crippen molar-refractivity contribution in [2.24, 2.45) is 5.92 Å². The van der Waals surface area contributed by atoms with Gasteiger partial charge in [0, 0.05) is 19.2 Å². The van der Waals surface area contributed by atoms with Gasteiger partial charge in [-0.25, -0.2) is 5.10 Å². The molecule has 1 aromatic heterocycles. The summed E-state index contributed by atoms with van der Waals surface area (Å²) in [6, 6.07) is 2.42. The van der Waals surface area contributed by atoms with Crippen LogP contribution in [-0.2, 0) is 0 Å². The zero-order chi connectivity index (χ0) is 14.0. The third-order valence-electron chi connectivity index (χ3n) is 3.14. The molecule has 0 aliphatic carbocycles. The second-order valence-corrected chi connectivity index (χ2v) is 4.41. The minimum Gasteiger partial charge on any atom is -0.337 e. The lowest BCUT2D eigenvalue weighted by Gasteiger charge is -2.32. The molecule has 0 aromatic carbocycles. The van der Waals surface area contributed by atoms with E-state index in [1.165, 1.54) is 11.0 Å². The van der Waals surface area contributed by atoms with E-state index < -0.39 is 23.6 Å². The Labute approximate surface area is 106 Å². The molecule has 2 heterocycles. The van der Waals surface area contributed by atoms with E-state index in [0.717, 1.165) is 6.07 Å². The van der Waals surface area contributed by atoms with Gasteiger partial charge in [-0.2, -0.15) is 18.3 Å². The van der Waals surface area contributed by atoms with Gasteiger partial charge < -0.3 is 4.90 Å². The summed E-state index contributed by atoms with van der Waals surface area (Å²) in [6.45, 7) is 0.0909. The van der Waals surface area contributed by atoms with Crippen molar-refractivity contribution in [3.63, 3.8) is 0 Å². The van der Waals surface area contributed by atoms with Crippen molar-refractivity contribution < 1.29 is 18.0 Å². The van der Waals surface area contributed by atoms with Crippen LogP contribution >= 0.6 is 0 Å². The molecule has 19 heavy (non-hydrogen) atoms. The summed E-state index contributed by atoms with van der Waals surface area (Å²) in [5, 5.41) is 5.69. The van der Waals surface area contributed by atoms with Crippen molar-refractivity contribution in [3.8, 4) is 0 Å². The number of hydrogen-bond acceptors (Lipinski definition) is 3. The Morgan fingerprint density at radius 2 is 1.95 bits per heavy atom. The van der Waals surface area contributed by atoms with Crippen molar-refractivity contribution >= 4 is 5.91 Å². The zero-order valence-electron chi connectivity index (χ0n) is 9.91. The molecule has 1 amide bonds. The van der Waals surface area contributed by atoms with Gasteiger partial charge in [0.15, 0.2) is 0 Å². The van der Waals surface area contributed by atoms with E-state index in [0.29, 0.717) is 0 Å². The van der Waals surface area contributed by atoms with Crippen molar-refractivity contribution in [1.29, 1.82) is 0 Å². The maximum absolute atomic E-state index is 12.5. The van der Waals surface area contributed by atoms with Gasteiger partial charge in [0.25, 0.3) is 11.5 Å². The van der Waals surface area contributed by atoms with Crippen molar-refractivity contribution in [1.82, 2.24) is 15.1 Å². The minimum absolute atomic E-state index is 0.0325. The first-order valence-corrected chi connectivity index (χ1v) is 5.79. The number of likely N-dealkylation sites (tertiary alicyclic amines) is 1. The lowest BCUT2D eigenvalue weighted by molar-refractivity contribution is -0.183. The van der Waals surface area contributed by atoms with Crippen LogP contribution in [0.25, 0.3) is 0 Å². The predicted octanol–water partition coefficient (Wildman–Crippen LogP) is 1.18. The molecular formula is C11H12F3N3O2. The van der Waals surface area contributed by atoms with Gasteiger partial charge in [0.1, 0.15) is 5.69 Å². The number of aromatic amines is 1. The van der Waals surface area contributed by atoms with E-state index in [-0.39, 0.29) is 31.6 Å². The maximum atomic E-state index is 12.5. The van der Waals surface area contributed by atoms with Gasteiger partial charge in [-0.1, -0.05) is 0 Å². The summed E-state index contributed by atoms with van der Waals surface area (Å²) in [6.07, 6.45) is -4.40. The molecule has 0 bridgehead atoms. The Balaban J connectivity index is 2.00. The number of nitrogens with zero attached hydrogens (tertiary/aromatic N) is 2. The Bertz CT molecular complexity index is 498. The average Bonchev–Trinajstić information content (AvgIpc) is 2.38. The highest BCUT2D eigenvalue weighted by Gasteiger charge is 2.41. The Kier molecular flexibility index (Phi) is 3.59. The van der Waals surface area contributed by atoms with Crippen LogP contribution in [0.1, 0.15) is 23.3 Å². The quantitative estimate of drug-likeness (QED) is 0.837. The lowest BCUT2D eigenvalue weighted by atomic mass is 9.96. The van der Waals surface area contributed by atoms with Crippen LogP contribution < -0.4 is 5.56 Å². The Hall–Kier alpha value is -1.86. The largest absolute Gasteiger partial charge is 0.391 e. The third kappa shape index (κ3) is 3.12. The van der Waals surface area contributed by atoms with E-state index in [4.69, 9.17) is 0 Å². The Morgan fingerprint density at radius 3 is 2.42 bits per heavy atom. The highest BCUT2D eigenvalue weighted by molar-refractivity contribution is 5.92. The smallest absolute Gasteiger partial charge is 0.337 e. The molecule has 0 atom stereocenters. The fraction of sp³-hybridized carbons (Fsp3) is 0.545. The molecule has 1 fully saturated rings. The summed E-state index contributed by atoms with van der Waals surface area (Å²) < 4.78 is 37.4. The van der Waals surface area contributed by atoms with Gasteiger partial charge in [-0.05, 0) is 18.9 Å². The normalized spacial score (nSPS) is 17.5. The van der Waals surface area contributed by atoms with Gasteiger partial charge in [-0.15, -0.1) is 0 Å². The highest BCUT2D eigenvalue weighted by atomic mass is 19.4. The average molecular weight is 275 g/mol. The van der Waals surface area contributed by atoms with Gasteiger partial charge in [0.05, 0.1) is 5.92 Å². The number of carbonyl (C=O) groups excluding carboxylic acids is 1. The monoisotopic (exact) mass is 275 g/mol. The maximum Gasteiger partial charge on any atom is 0.391 e. The molecule has 8 heteroatoms. The summed E-state index contributed by atoms with van der Waals surface area (Å²) in [5.41, 5.74) is -0.405. The SMILES string of the molecule is O=C(c1ccc(=O)[nH]n1)N1CCC(C(F)(F)F)CC1. The molecule has 2 rings (SSSR count). The molecule has 0 saturated carbocycles. The summed E-state index contributed by atoms with van der Waals surface area (Å²) >= 11 is 0. The molecule has 0 spiro atoms. The van der Waals surface area contributed by atoms with Crippen LogP contribution in [-0.4, -0.2) is 40.3 Å². The van der Waals surface area contributed by atoms with E-state index in [1.807, 2.05) is 0 Å². The van der Waals surface area contributed by atoms with Gasteiger partial charge >= 0.3 is 6.18 Å². The van der Waals surface area contributed by atoms with E-state index in [9.17, 15) is 22.8 Å². The number of alkyl halides is 3. The number of piperidine rings is 1. The number of aromatic nitrogens is 2. The topological polar surface area (TPSA) is 66.1 Å². The number of rotatable bonds is 1. The molecule has 5 nitrogen and oxygen atoms in total. The number of nitrogens with one attached hydrogen (secondary N) is 1. The molecule has 1 aliphatic rings. The fourth-order valence-electron chi connectivity index (χ4n) is 2.04. The van der Waals surface area contributed by atoms with Gasteiger partial charge in [-0.3, -0.25) is 9.59 Å². The third-order valence-corrected chi connectivity index (χ3v) is 3.14. The molecule has 1 N–H and O–H groups in total. The minimum atomic E-state index is -4.20. The summed E-state index contributed by atoms with van der Waals surface area (Å²) in [5.74, 6) is -1.81. The first kappa shape index (κ1) is 13.6. The second-order valence-electron chi connectivity index (χ2n) is 4.41. The highest BCUT2D eigenvalue weighted by Crippen LogP contribution is 2.34. The van der Waals surface area contributed by atoms with E-state index in [2.05, 4.69) is 10.2 Å². The second kappa shape index (κ2) is 5.02.